The van der Waals surface area contributed by atoms with Crippen LogP contribution in [0.5, 0.6) is 0 Å². The first-order valence-corrected chi connectivity index (χ1v) is 6.71. The fourth-order valence-electron chi connectivity index (χ4n) is 1.78. The Morgan fingerprint density at radius 1 is 1.32 bits per heavy atom. The molecular weight excluding hydrogens is 299 g/mol. The van der Waals surface area contributed by atoms with Gasteiger partial charge in [-0.2, -0.15) is 22.5 Å². The second kappa shape index (κ2) is 5.55. The Bertz CT molecular complexity index is 453. The van der Waals surface area contributed by atoms with Crippen molar-refractivity contribution in [3.8, 4) is 0 Å². The molecule has 1 saturated heterocycles. The highest BCUT2D eigenvalue weighted by molar-refractivity contribution is 7.80. The van der Waals surface area contributed by atoms with Crippen LogP contribution in [0.2, 0.25) is 0 Å². The third-order valence-electron chi connectivity index (χ3n) is 2.69. The van der Waals surface area contributed by atoms with Crippen molar-refractivity contribution in [3.63, 3.8) is 0 Å². The number of hydrogen-bond donors (Lipinski definition) is 1. The van der Waals surface area contributed by atoms with Crippen molar-refractivity contribution in [2.24, 2.45) is 5.73 Å². The standard InChI is InChI=1S/C9H12F3N5S2/c10-9(11,12)7-14-8(19-15-7)17-3-1-16(2-4-17)5-6(13)18/h1-5H2,(H2,13,18). The summed E-state index contributed by atoms with van der Waals surface area (Å²) in [6, 6.07) is 0. The van der Waals surface area contributed by atoms with E-state index in [-0.39, 0.29) is 0 Å². The van der Waals surface area contributed by atoms with Crippen LogP contribution in [0.25, 0.3) is 0 Å². The normalized spacial score (nSPS) is 17.7. The Labute approximate surface area is 117 Å². The molecule has 10 heteroatoms. The third-order valence-corrected chi connectivity index (χ3v) is 3.60. The number of thiocarbonyl (C=S) groups is 1. The van der Waals surface area contributed by atoms with Gasteiger partial charge in [-0.15, -0.1) is 0 Å². The van der Waals surface area contributed by atoms with E-state index in [1.54, 1.807) is 4.90 Å². The highest BCUT2D eigenvalue weighted by Crippen LogP contribution is 2.30. The van der Waals surface area contributed by atoms with Gasteiger partial charge in [-0.05, 0) is 0 Å². The molecule has 1 fully saturated rings. The number of aromatic nitrogens is 2. The van der Waals surface area contributed by atoms with E-state index in [0.717, 1.165) is 11.5 Å². The van der Waals surface area contributed by atoms with Crippen LogP contribution in [0.1, 0.15) is 5.82 Å². The van der Waals surface area contributed by atoms with Gasteiger partial charge >= 0.3 is 6.18 Å². The second-order valence-corrected chi connectivity index (χ2v) is 5.38. The summed E-state index contributed by atoms with van der Waals surface area (Å²) in [6.07, 6.45) is -4.48. The predicted molar refractivity (Wildman–Crippen MR) is 70.3 cm³/mol. The maximum atomic E-state index is 12.4. The molecule has 1 aliphatic heterocycles. The summed E-state index contributed by atoms with van der Waals surface area (Å²) in [5, 5.41) is 0.308. The Balaban J connectivity index is 1.94. The molecule has 5 nitrogen and oxygen atoms in total. The molecule has 2 rings (SSSR count). The first-order chi connectivity index (χ1) is 8.86. The van der Waals surface area contributed by atoms with Crippen LogP contribution in [0.3, 0.4) is 0 Å². The summed E-state index contributed by atoms with van der Waals surface area (Å²) in [5.41, 5.74) is 5.45. The topological polar surface area (TPSA) is 58.3 Å². The molecule has 0 unspecified atom stereocenters. The lowest BCUT2D eigenvalue weighted by atomic mass is 10.3. The summed E-state index contributed by atoms with van der Waals surface area (Å²) in [7, 11) is 0. The van der Waals surface area contributed by atoms with Crippen LogP contribution >= 0.6 is 23.8 Å². The molecule has 1 aromatic rings. The van der Waals surface area contributed by atoms with E-state index in [1.807, 2.05) is 0 Å². The van der Waals surface area contributed by atoms with Gasteiger partial charge in [0, 0.05) is 44.3 Å². The maximum absolute atomic E-state index is 12.4. The van der Waals surface area contributed by atoms with Gasteiger partial charge < -0.3 is 10.6 Å². The van der Waals surface area contributed by atoms with Crippen molar-refractivity contribution in [1.82, 2.24) is 14.3 Å². The molecule has 106 valence electrons. The minimum Gasteiger partial charge on any atom is -0.392 e. The van der Waals surface area contributed by atoms with E-state index in [4.69, 9.17) is 18.0 Å². The number of halogens is 3. The van der Waals surface area contributed by atoms with Crippen molar-refractivity contribution in [2.45, 2.75) is 6.18 Å². The van der Waals surface area contributed by atoms with Gasteiger partial charge in [-0.25, -0.2) is 0 Å². The van der Waals surface area contributed by atoms with Gasteiger partial charge in [0.05, 0.1) is 4.99 Å². The fourth-order valence-corrected chi connectivity index (χ4v) is 2.70. The lowest BCUT2D eigenvalue weighted by molar-refractivity contribution is -0.144. The van der Waals surface area contributed by atoms with Gasteiger partial charge in [-0.3, -0.25) is 4.90 Å². The molecule has 1 aromatic heterocycles. The lowest BCUT2D eigenvalue weighted by Gasteiger charge is -2.33. The summed E-state index contributed by atoms with van der Waals surface area (Å²) >= 11 is 5.59. The zero-order valence-corrected chi connectivity index (χ0v) is 11.5. The minimum atomic E-state index is -4.48. The number of hydrogen-bond acceptors (Lipinski definition) is 6. The summed E-state index contributed by atoms with van der Waals surface area (Å²) < 4.78 is 40.5. The first-order valence-electron chi connectivity index (χ1n) is 5.53. The lowest BCUT2D eigenvalue weighted by Crippen LogP contribution is -2.48. The molecule has 0 bridgehead atoms. The molecule has 0 radical (unpaired) electrons. The highest BCUT2D eigenvalue weighted by Gasteiger charge is 2.36. The predicted octanol–water partition coefficient (Wildman–Crippen LogP) is 0.965. The molecule has 1 aliphatic rings. The SMILES string of the molecule is NC(=S)CN1CCN(c2nc(C(F)(F)F)ns2)CC1. The quantitative estimate of drug-likeness (QED) is 0.839. The second-order valence-electron chi connectivity index (χ2n) is 4.13. The fraction of sp³-hybridized carbons (Fsp3) is 0.667. The van der Waals surface area contributed by atoms with Gasteiger partial charge in [-0.1, -0.05) is 12.2 Å². The molecule has 0 amide bonds. The van der Waals surface area contributed by atoms with E-state index in [1.165, 1.54) is 0 Å². The van der Waals surface area contributed by atoms with Gasteiger partial charge in [0.15, 0.2) is 0 Å². The third kappa shape index (κ3) is 3.74. The molecule has 0 aromatic carbocycles. The Morgan fingerprint density at radius 2 is 1.95 bits per heavy atom. The maximum Gasteiger partial charge on any atom is 0.452 e. The molecule has 2 N–H and O–H groups in total. The van der Waals surface area contributed by atoms with Gasteiger partial charge in [0.25, 0.3) is 0 Å². The molecule has 2 heterocycles. The van der Waals surface area contributed by atoms with E-state index in [0.29, 0.717) is 42.8 Å². The number of alkyl halides is 3. The van der Waals surface area contributed by atoms with E-state index < -0.39 is 12.0 Å². The summed E-state index contributed by atoms with van der Waals surface area (Å²) in [4.78, 5) is 7.81. The smallest absolute Gasteiger partial charge is 0.392 e. The zero-order valence-electron chi connectivity index (χ0n) is 9.85. The van der Waals surface area contributed by atoms with Crippen molar-refractivity contribution >= 4 is 33.9 Å². The number of rotatable bonds is 3. The first kappa shape index (κ1) is 14.4. The average Bonchev–Trinajstić information content (AvgIpc) is 2.78. The van der Waals surface area contributed by atoms with Crippen molar-refractivity contribution in [2.75, 3.05) is 37.6 Å². The summed E-state index contributed by atoms with van der Waals surface area (Å²) in [5.74, 6) is -1.07. The minimum absolute atomic E-state index is 0.308. The van der Waals surface area contributed by atoms with Crippen molar-refractivity contribution in [1.29, 1.82) is 0 Å². The monoisotopic (exact) mass is 311 g/mol. The van der Waals surface area contributed by atoms with E-state index in [9.17, 15) is 13.2 Å². The Hall–Kier alpha value is -1.00. The molecule has 0 spiro atoms. The van der Waals surface area contributed by atoms with E-state index >= 15 is 0 Å². The van der Waals surface area contributed by atoms with Crippen molar-refractivity contribution in [3.05, 3.63) is 5.82 Å². The number of nitrogens with zero attached hydrogens (tertiary/aromatic N) is 4. The van der Waals surface area contributed by atoms with Crippen LogP contribution in [0.15, 0.2) is 0 Å². The van der Waals surface area contributed by atoms with Gasteiger partial charge in [0.2, 0.25) is 11.0 Å². The zero-order chi connectivity index (χ0) is 14.0. The number of anilines is 1. The van der Waals surface area contributed by atoms with Crippen LogP contribution in [0.4, 0.5) is 18.3 Å². The highest BCUT2D eigenvalue weighted by atomic mass is 32.1. The molecular formula is C9H12F3N5S2. The molecule has 0 atom stereocenters. The van der Waals surface area contributed by atoms with Crippen LogP contribution in [0, 0.1) is 0 Å². The Kier molecular flexibility index (Phi) is 4.21. The molecule has 0 aliphatic carbocycles. The Morgan fingerprint density at radius 3 is 2.42 bits per heavy atom. The summed E-state index contributed by atoms with van der Waals surface area (Å²) in [6.45, 7) is 3.11. The van der Waals surface area contributed by atoms with Crippen LogP contribution in [-0.4, -0.2) is 52.0 Å². The number of piperazine rings is 1. The number of nitrogens with two attached hydrogens (primary N) is 1. The van der Waals surface area contributed by atoms with Gasteiger partial charge in [0.1, 0.15) is 0 Å². The average molecular weight is 311 g/mol. The van der Waals surface area contributed by atoms with E-state index in [2.05, 4.69) is 14.3 Å². The molecule has 0 saturated carbocycles. The van der Waals surface area contributed by atoms with Crippen LogP contribution < -0.4 is 10.6 Å². The van der Waals surface area contributed by atoms with Crippen LogP contribution in [-0.2, 0) is 6.18 Å². The van der Waals surface area contributed by atoms with Crippen molar-refractivity contribution < 1.29 is 13.2 Å². The molecule has 19 heavy (non-hydrogen) atoms. The largest absolute Gasteiger partial charge is 0.452 e.